The second-order valence-electron chi connectivity index (χ2n) is 6.99. The molecular weight excluding hydrogens is 398 g/mol. The van der Waals surface area contributed by atoms with Gasteiger partial charge in [0.05, 0.1) is 11.4 Å². The van der Waals surface area contributed by atoms with Crippen LogP contribution in [0.3, 0.4) is 0 Å². The van der Waals surface area contributed by atoms with Gasteiger partial charge in [0.15, 0.2) is 0 Å². The summed E-state index contributed by atoms with van der Waals surface area (Å²) in [7, 11) is -1.66. The molecule has 0 radical (unpaired) electrons. The largest absolute Gasteiger partial charge is 0.325 e. The van der Waals surface area contributed by atoms with Gasteiger partial charge in [-0.05, 0) is 55.8 Å². The highest BCUT2D eigenvalue weighted by Gasteiger charge is 2.27. The molecule has 150 valence electrons. The van der Waals surface area contributed by atoms with E-state index < -0.39 is 10.0 Å². The molecule has 0 aromatic heterocycles. The number of carbonyl (C=O) groups excluding carboxylic acids is 1. The third-order valence-electron chi connectivity index (χ3n) is 4.58. The molecule has 3 rings (SSSR count). The van der Waals surface area contributed by atoms with Crippen LogP contribution >= 0.6 is 11.6 Å². The number of carbonyl (C=O) groups is 1. The maximum Gasteiger partial charge on any atom is 0.243 e. The number of sulfonamides is 1. The van der Waals surface area contributed by atoms with Crippen LogP contribution in [0.25, 0.3) is 0 Å². The quantitative estimate of drug-likeness (QED) is 0.745. The van der Waals surface area contributed by atoms with Crippen molar-refractivity contribution in [2.75, 3.05) is 32.0 Å². The Balaban J connectivity index is 1.61. The van der Waals surface area contributed by atoms with E-state index in [0.717, 1.165) is 18.4 Å². The number of nitrogens with one attached hydrogen (secondary N) is 1. The normalized spacial score (nSPS) is 15.1. The molecule has 6 nitrogen and oxygen atoms in total. The van der Waals surface area contributed by atoms with Crippen molar-refractivity contribution in [3.63, 3.8) is 0 Å². The molecule has 0 bridgehead atoms. The van der Waals surface area contributed by atoms with Gasteiger partial charge >= 0.3 is 0 Å². The van der Waals surface area contributed by atoms with E-state index in [1.54, 1.807) is 24.3 Å². The fourth-order valence-electron chi connectivity index (χ4n) is 3.26. The lowest BCUT2D eigenvalue weighted by molar-refractivity contribution is -0.117. The number of rotatable bonds is 7. The molecule has 2 aromatic rings. The van der Waals surface area contributed by atoms with Crippen molar-refractivity contribution >= 4 is 33.2 Å². The molecule has 0 unspecified atom stereocenters. The molecule has 28 heavy (non-hydrogen) atoms. The minimum Gasteiger partial charge on any atom is -0.325 e. The minimum atomic E-state index is -3.51. The summed E-state index contributed by atoms with van der Waals surface area (Å²) in [6, 6.07) is 13.9. The van der Waals surface area contributed by atoms with Crippen LogP contribution in [0.4, 0.5) is 5.69 Å². The molecule has 1 aliphatic heterocycles. The highest BCUT2D eigenvalue weighted by molar-refractivity contribution is 7.89. The Bertz CT molecular complexity index is 943. The predicted octanol–water partition coefficient (Wildman–Crippen LogP) is 3.20. The Labute approximate surface area is 171 Å². The molecule has 0 saturated carbocycles. The van der Waals surface area contributed by atoms with Gasteiger partial charge < -0.3 is 5.32 Å². The molecule has 1 aliphatic rings. The van der Waals surface area contributed by atoms with Crippen molar-refractivity contribution < 1.29 is 13.2 Å². The zero-order chi connectivity index (χ0) is 20.1. The Morgan fingerprint density at radius 1 is 1.14 bits per heavy atom. The average Bonchev–Trinajstić information content (AvgIpc) is 3.17. The SMILES string of the molecule is CN(CC(=O)Nc1cccc(S(=O)(=O)N2CCCC2)c1)Cc1cccc(Cl)c1. The Morgan fingerprint density at radius 3 is 2.57 bits per heavy atom. The van der Waals surface area contributed by atoms with Crippen molar-refractivity contribution in [3.05, 3.63) is 59.1 Å². The fourth-order valence-corrected chi connectivity index (χ4v) is 5.04. The maximum atomic E-state index is 12.7. The Hall–Kier alpha value is -1.93. The molecule has 0 spiro atoms. The van der Waals surface area contributed by atoms with Crippen molar-refractivity contribution in [2.45, 2.75) is 24.3 Å². The summed E-state index contributed by atoms with van der Waals surface area (Å²) in [6.45, 7) is 1.85. The van der Waals surface area contributed by atoms with Gasteiger partial charge in [0, 0.05) is 30.3 Å². The maximum absolute atomic E-state index is 12.7. The van der Waals surface area contributed by atoms with Crippen LogP contribution in [0.2, 0.25) is 5.02 Å². The molecule has 8 heteroatoms. The third kappa shape index (κ3) is 5.32. The van der Waals surface area contributed by atoms with Crippen molar-refractivity contribution in [3.8, 4) is 0 Å². The van der Waals surface area contributed by atoms with E-state index in [4.69, 9.17) is 11.6 Å². The molecule has 2 aromatic carbocycles. The Morgan fingerprint density at radius 2 is 1.86 bits per heavy atom. The molecule has 1 fully saturated rings. The average molecular weight is 422 g/mol. The van der Waals surface area contributed by atoms with Crippen LogP contribution in [-0.2, 0) is 21.4 Å². The highest BCUT2D eigenvalue weighted by atomic mass is 35.5. The summed E-state index contributed by atoms with van der Waals surface area (Å²) in [4.78, 5) is 14.4. The van der Waals surface area contributed by atoms with Crippen LogP contribution in [-0.4, -0.2) is 50.2 Å². The zero-order valence-corrected chi connectivity index (χ0v) is 17.3. The Kier molecular flexibility index (Phi) is 6.72. The van der Waals surface area contributed by atoms with Crippen molar-refractivity contribution in [1.29, 1.82) is 0 Å². The first-order valence-electron chi connectivity index (χ1n) is 9.18. The number of nitrogens with zero attached hydrogens (tertiary/aromatic N) is 2. The van der Waals surface area contributed by atoms with Gasteiger partial charge in [0.25, 0.3) is 0 Å². The van der Waals surface area contributed by atoms with Gasteiger partial charge in [-0.25, -0.2) is 8.42 Å². The van der Waals surface area contributed by atoms with E-state index in [-0.39, 0.29) is 17.3 Å². The molecule has 1 saturated heterocycles. The lowest BCUT2D eigenvalue weighted by atomic mass is 10.2. The number of halogens is 1. The summed E-state index contributed by atoms with van der Waals surface area (Å²) in [5, 5.41) is 3.44. The number of hydrogen-bond donors (Lipinski definition) is 1. The summed E-state index contributed by atoms with van der Waals surface area (Å²) in [6.07, 6.45) is 1.77. The number of anilines is 1. The molecular formula is C20H24ClN3O3S. The van der Waals surface area contributed by atoms with Gasteiger partial charge in [-0.2, -0.15) is 4.31 Å². The molecule has 1 N–H and O–H groups in total. The summed E-state index contributed by atoms with van der Waals surface area (Å²) in [5.41, 5.74) is 1.49. The van der Waals surface area contributed by atoms with Gasteiger partial charge in [-0.1, -0.05) is 29.8 Å². The number of amides is 1. The van der Waals surface area contributed by atoms with Crippen LogP contribution < -0.4 is 5.32 Å². The molecule has 1 amide bonds. The summed E-state index contributed by atoms with van der Waals surface area (Å²) < 4.78 is 26.8. The highest BCUT2D eigenvalue weighted by Crippen LogP contribution is 2.23. The van der Waals surface area contributed by atoms with E-state index in [2.05, 4.69) is 5.32 Å². The lowest BCUT2D eigenvalue weighted by Gasteiger charge is -2.18. The number of benzene rings is 2. The predicted molar refractivity (Wildman–Crippen MR) is 111 cm³/mol. The second-order valence-corrected chi connectivity index (χ2v) is 9.36. The van der Waals surface area contributed by atoms with Crippen LogP contribution in [0.1, 0.15) is 18.4 Å². The second kappa shape index (κ2) is 9.05. The van der Waals surface area contributed by atoms with E-state index in [0.29, 0.717) is 30.3 Å². The first-order valence-corrected chi connectivity index (χ1v) is 11.0. The van der Waals surface area contributed by atoms with E-state index >= 15 is 0 Å². The van der Waals surface area contributed by atoms with Crippen LogP contribution in [0.15, 0.2) is 53.4 Å². The number of likely N-dealkylation sites (N-methyl/N-ethyl adjacent to an activating group) is 1. The summed E-state index contributed by atoms with van der Waals surface area (Å²) in [5.74, 6) is -0.208. The topological polar surface area (TPSA) is 69.7 Å². The van der Waals surface area contributed by atoms with Crippen molar-refractivity contribution in [1.82, 2.24) is 9.21 Å². The smallest absolute Gasteiger partial charge is 0.243 e. The van der Waals surface area contributed by atoms with Crippen LogP contribution in [0, 0.1) is 0 Å². The van der Waals surface area contributed by atoms with Gasteiger partial charge in [-0.3, -0.25) is 9.69 Å². The van der Waals surface area contributed by atoms with Gasteiger partial charge in [0.1, 0.15) is 0 Å². The van der Waals surface area contributed by atoms with E-state index in [1.807, 2.05) is 30.1 Å². The number of hydrogen-bond acceptors (Lipinski definition) is 4. The molecule has 0 atom stereocenters. The summed E-state index contributed by atoms with van der Waals surface area (Å²) >= 11 is 5.99. The zero-order valence-electron chi connectivity index (χ0n) is 15.8. The fraction of sp³-hybridized carbons (Fsp3) is 0.350. The standard InChI is InChI=1S/C20H24ClN3O3S/c1-23(14-16-6-4-7-17(21)12-16)15-20(25)22-18-8-5-9-19(13-18)28(26,27)24-10-2-3-11-24/h4-9,12-13H,2-3,10-11,14-15H2,1H3,(H,22,25). The minimum absolute atomic E-state index is 0.176. The lowest BCUT2D eigenvalue weighted by Crippen LogP contribution is -2.30. The first-order chi connectivity index (χ1) is 13.3. The molecule has 0 aliphatic carbocycles. The van der Waals surface area contributed by atoms with E-state index in [9.17, 15) is 13.2 Å². The molecule has 1 heterocycles. The monoisotopic (exact) mass is 421 g/mol. The third-order valence-corrected chi connectivity index (χ3v) is 6.71. The van der Waals surface area contributed by atoms with Gasteiger partial charge in [0.2, 0.25) is 15.9 Å². The van der Waals surface area contributed by atoms with Gasteiger partial charge in [-0.15, -0.1) is 0 Å². The van der Waals surface area contributed by atoms with E-state index in [1.165, 1.54) is 10.4 Å². The first kappa shape index (κ1) is 20.8. The van der Waals surface area contributed by atoms with Crippen LogP contribution in [0.5, 0.6) is 0 Å². The van der Waals surface area contributed by atoms with Crippen molar-refractivity contribution in [2.24, 2.45) is 0 Å².